The van der Waals surface area contributed by atoms with E-state index in [9.17, 15) is 5.11 Å². The summed E-state index contributed by atoms with van der Waals surface area (Å²) in [7, 11) is 0. The van der Waals surface area contributed by atoms with E-state index < -0.39 is 6.10 Å². The van der Waals surface area contributed by atoms with Crippen molar-refractivity contribution < 1.29 is 5.11 Å². The molecule has 3 rings (SSSR count). The minimum absolute atomic E-state index is 0.615. The molecule has 1 heterocycles. The van der Waals surface area contributed by atoms with Crippen LogP contribution in [0.3, 0.4) is 0 Å². The summed E-state index contributed by atoms with van der Waals surface area (Å²) in [6.45, 7) is 7.15. The molecule has 0 saturated heterocycles. The van der Waals surface area contributed by atoms with Crippen molar-refractivity contribution in [3.8, 4) is 11.3 Å². The van der Waals surface area contributed by atoms with Crippen LogP contribution < -0.4 is 0 Å². The molecule has 0 aliphatic heterocycles. The summed E-state index contributed by atoms with van der Waals surface area (Å²) in [5.41, 5.74) is 3.52. The molecule has 34 heavy (non-hydrogen) atoms. The van der Waals surface area contributed by atoms with Gasteiger partial charge in [0.05, 0.1) is 17.3 Å². The molecule has 1 atom stereocenters. The summed E-state index contributed by atoms with van der Waals surface area (Å²) < 4.78 is 0. The van der Waals surface area contributed by atoms with Gasteiger partial charge < -0.3 is 10.0 Å². The molecule has 0 saturated carbocycles. The van der Waals surface area contributed by atoms with Gasteiger partial charge in [0.25, 0.3) is 0 Å². The van der Waals surface area contributed by atoms with E-state index in [2.05, 4.69) is 18.7 Å². The Bertz CT molecular complexity index is 1010. The smallest absolute Gasteiger partial charge is 0.0924 e. The molecule has 3 aromatic rings. The van der Waals surface area contributed by atoms with Crippen molar-refractivity contribution in [1.82, 2.24) is 9.88 Å². The largest absolute Gasteiger partial charge is 0.387 e. The molecule has 2 aromatic carbocycles. The minimum Gasteiger partial charge on any atom is -0.387 e. The van der Waals surface area contributed by atoms with Gasteiger partial charge in [0, 0.05) is 27.5 Å². The molecule has 0 amide bonds. The first kappa shape index (κ1) is 26.9. The maximum atomic E-state index is 11.5. The maximum Gasteiger partial charge on any atom is 0.0924 e. The van der Waals surface area contributed by atoms with Crippen LogP contribution in [0.25, 0.3) is 22.2 Å². The highest BCUT2D eigenvalue weighted by molar-refractivity contribution is 6.31. The minimum atomic E-state index is -0.618. The summed E-state index contributed by atoms with van der Waals surface area (Å²) in [5, 5.41) is 13.7. The van der Waals surface area contributed by atoms with Gasteiger partial charge in [-0.25, -0.2) is 4.98 Å². The lowest BCUT2D eigenvalue weighted by Crippen LogP contribution is -2.31. The van der Waals surface area contributed by atoms with Crippen molar-refractivity contribution in [2.24, 2.45) is 0 Å². The molecule has 1 N–H and O–H groups in total. The molecule has 0 radical (unpaired) electrons. The molecule has 1 unspecified atom stereocenters. The van der Waals surface area contributed by atoms with E-state index in [0.717, 1.165) is 40.8 Å². The number of benzene rings is 2. The van der Waals surface area contributed by atoms with E-state index in [1.165, 1.54) is 51.4 Å². The first-order chi connectivity index (χ1) is 16.5. The number of hydrogen-bond donors (Lipinski definition) is 1. The average molecular weight is 502 g/mol. The Morgan fingerprint density at radius 3 is 2.03 bits per heavy atom. The summed E-state index contributed by atoms with van der Waals surface area (Å²) in [5.74, 6) is 0. The molecule has 0 fully saturated rings. The lowest BCUT2D eigenvalue weighted by Gasteiger charge is -2.26. The normalized spacial score (nSPS) is 12.5. The topological polar surface area (TPSA) is 36.4 Å². The van der Waals surface area contributed by atoms with E-state index in [-0.39, 0.29) is 0 Å². The number of pyridine rings is 1. The van der Waals surface area contributed by atoms with Crippen LogP contribution in [0.15, 0.2) is 48.5 Å². The summed E-state index contributed by atoms with van der Waals surface area (Å²) in [4.78, 5) is 7.29. The van der Waals surface area contributed by atoms with Gasteiger partial charge in [-0.1, -0.05) is 87.7 Å². The van der Waals surface area contributed by atoms with Crippen molar-refractivity contribution in [2.75, 3.05) is 19.6 Å². The highest BCUT2D eigenvalue weighted by atomic mass is 35.5. The Kier molecular flexibility index (Phi) is 11.1. The fraction of sp³-hybridized carbons (Fsp3) is 0.483. The summed E-state index contributed by atoms with van der Waals surface area (Å²) in [6, 6.07) is 15.4. The van der Waals surface area contributed by atoms with Gasteiger partial charge in [0.1, 0.15) is 0 Å². The van der Waals surface area contributed by atoms with Gasteiger partial charge in [-0.3, -0.25) is 0 Å². The monoisotopic (exact) mass is 500 g/mol. The number of aliphatic hydroxyl groups is 1. The van der Waals surface area contributed by atoms with E-state index in [1.54, 1.807) is 0 Å². The molecule has 0 aliphatic rings. The second-order valence-corrected chi connectivity index (χ2v) is 10.1. The number of aromatic nitrogens is 1. The average Bonchev–Trinajstić information content (AvgIpc) is 2.84. The highest BCUT2D eigenvalue weighted by Crippen LogP contribution is 2.31. The van der Waals surface area contributed by atoms with Crippen molar-refractivity contribution in [1.29, 1.82) is 0 Å². The van der Waals surface area contributed by atoms with E-state index in [4.69, 9.17) is 28.2 Å². The Labute approximate surface area is 215 Å². The lowest BCUT2D eigenvalue weighted by atomic mass is 9.99. The van der Waals surface area contributed by atoms with Gasteiger partial charge in [-0.05, 0) is 67.9 Å². The zero-order valence-corrected chi connectivity index (χ0v) is 22.1. The number of unbranched alkanes of at least 4 members (excludes halogenated alkanes) is 6. The SMILES string of the molecule is CCCCCCN(CCCCCC)CC(O)c1cc(-c2ccc(Cl)cc2)nc2ccc(Cl)cc12. The second kappa shape index (κ2) is 14.0. The number of fused-ring (bicyclic) bond motifs is 1. The number of nitrogens with zero attached hydrogens (tertiary/aromatic N) is 2. The number of aliphatic hydroxyl groups excluding tert-OH is 1. The third-order valence-electron chi connectivity index (χ3n) is 6.39. The Morgan fingerprint density at radius 1 is 0.794 bits per heavy atom. The highest BCUT2D eigenvalue weighted by Gasteiger charge is 2.18. The summed E-state index contributed by atoms with van der Waals surface area (Å²) >= 11 is 12.4. The van der Waals surface area contributed by atoms with Crippen LogP contribution >= 0.6 is 23.2 Å². The zero-order valence-electron chi connectivity index (χ0n) is 20.6. The Morgan fingerprint density at radius 2 is 1.41 bits per heavy atom. The fourth-order valence-electron chi connectivity index (χ4n) is 4.43. The molecule has 0 spiro atoms. The van der Waals surface area contributed by atoms with Gasteiger partial charge >= 0.3 is 0 Å². The molecule has 3 nitrogen and oxygen atoms in total. The van der Waals surface area contributed by atoms with Crippen molar-refractivity contribution >= 4 is 34.1 Å². The van der Waals surface area contributed by atoms with Crippen LogP contribution in [0.1, 0.15) is 76.9 Å². The third kappa shape index (κ3) is 7.95. The Balaban J connectivity index is 1.86. The quantitative estimate of drug-likeness (QED) is 0.225. The van der Waals surface area contributed by atoms with Crippen LogP contribution in [0.4, 0.5) is 0 Å². The van der Waals surface area contributed by atoms with E-state index >= 15 is 0 Å². The zero-order chi connectivity index (χ0) is 24.3. The van der Waals surface area contributed by atoms with E-state index in [1.807, 2.05) is 48.5 Å². The lowest BCUT2D eigenvalue weighted by molar-refractivity contribution is 0.111. The predicted octanol–water partition coefficient (Wildman–Crippen LogP) is 8.70. The standard InChI is InChI=1S/C29H38Cl2N2O/c1-3-5-7-9-17-33(18-10-8-6-4-2)21-29(34)26-20-28(22-11-13-23(30)14-12-22)32-27-16-15-24(31)19-25(26)27/h11-16,19-20,29,34H,3-10,17-18,21H2,1-2H3. The molecule has 1 aromatic heterocycles. The molecular weight excluding hydrogens is 463 g/mol. The third-order valence-corrected chi connectivity index (χ3v) is 6.88. The molecule has 5 heteroatoms. The molecular formula is C29H38Cl2N2O. The number of halogens is 2. The van der Waals surface area contributed by atoms with Crippen LogP contribution in [-0.2, 0) is 0 Å². The van der Waals surface area contributed by atoms with Gasteiger partial charge in [0.2, 0.25) is 0 Å². The molecule has 0 aliphatic carbocycles. The van der Waals surface area contributed by atoms with Crippen LogP contribution in [-0.4, -0.2) is 34.6 Å². The van der Waals surface area contributed by atoms with Crippen molar-refractivity contribution in [2.45, 2.75) is 71.3 Å². The predicted molar refractivity (Wildman–Crippen MR) is 147 cm³/mol. The maximum absolute atomic E-state index is 11.5. The van der Waals surface area contributed by atoms with Crippen molar-refractivity contribution in [3.63, 3.8) is 0 Å². The Hall–Kier alpha value is -1.65. The molecule has 0 bridgehead atoms. The number of hydrogen-bond acceptors (Lipinski definition) is 3. The van der Waals surface area contributed by atoms with Crippen LogP contribution in [0, 0.1) is 0 Å². The molecule has 184 valence electrons. The second-order valence-electron chi connectivity index (χ2n) is 9.20. The van der Waals surface area contributed by atoms with Gasteiger partial charge in [-0.2, -0.15) is 0 Å². The first-order valence-corrected chi connectivity index (χ1v) is 13.5. The van der Waals surface area contributed by atoms with Crippen molar-refractivity contribution in [3.05, 3.63) is 64.1 Å². The van der Waals surface area contributed by atoms with Crippen LogP contribution in [0.5, 0.6) is 0 Å². The van der Waals surface area contributed by atoms with Gasteiger partial charge in [0.15, 0.2) is 0 Å². The summed E-state index contributed by atoms with van der Waals surface area (Å²) in [6.07, 6.45) is 9.22. The first-order valence-electron chi connectivity index (χ1n) is 12.8. The fourth-order valence-corrected chi connectivity index (χ4v) is 4.73. The van der Waals surface area contributed by atoms with Gasteiger partial charge in [-0.15, -0.1) is 0 Å². The van der Waals surface area contributed by atoms with Crippen LogP contribution in [0.2, 0.25) is 10.0 Å². The number of rotatable bonds is 14. The van der Waals surface area contributed by atoms with E-state index in [0.29, 0.717) is 16.6 Å².